The number of benzene rings is 1. The predicted molar refractivity (Wildman–Crippen MR) is 102 cm³/mol. The number of hydrogen-bond donors (Lipinski definition) is 0. The molecule has 1 aliphatic heterocycles. The highest BCUT2D eigenvalue weighted by atomic mass is 19.1. The van der Waals surface area contributed by atoms with Crippen molar-refractivity contribution < 1.29 is 18.3 Å². The summed E-state index contributed by atoms with van der Waals surface area (Å²) in [6.07, 6.45) is 3.94. The van der Waals surface area contributed by atoms with Crippen LogP contribution in [-0.2, 0) is 0 Å². The average molecular weight is 396 g/mol. The average Bonchev–Trinajstić information content (AvgIpc) is 3.15. The highest BCUT2D eigenvalue weighted by Gasteiger charge is 2.32. The van der Waals surface area contributed by atoms with Crippen molar-refractivity contribution in [2.24, 2.45) is 0 Å². The lowest BCUT2D eigenvalue weighted by Gasteiger charge is -2.34. The van der Waals surface area contributed by atoms with Crippen molar-refractivity contribution in [3.05, 3.63) is 65.5 Å². The number of oxazole rings is 1. The van der Waals surface area contributed by atoms with Gasteiger partial charge in [-0.15, -0.1) is 0 Å². The lowest BCUT2D eigenvalue weighted by Crippen LogP contribution is -2.39. The minimum Gasteiger partial charge on any atom is -0.448 e. The molecule has 0 N–H and O–H groups in total. The Morgan fingerprint density at radius 3 is 2.79 bits per heavy atom. The molecular formula is C21H21FN4O3. The van der Waals surface area contributed by atoms with Crippen molar-refractivity contribution in [2.45, 2.75) is 39.2 Å². The summed E-state index contributed by atoms with van der Waals surface area (Å²) in [6, 6.07) is 7.48. The summed E-state index contributed by atoms with van der Waals surface area (Å²) in [7, 11) is 0. The number of piperidine rings is 1. The third kappa shape index (κ3) is 4.11. The first kappa shape index (κ1) is 19.0. The first-order valence-corrected chi connectivity index (χ1v) is 9.52. The van der Waals surface area contributed by atoms with Crippen LogP contribution in [0.15, 0.2) is 41.0 Å². The van der Waals surface area contributed by atoms with Gasteiger partial charge in [0, 0.05) is 25.2 Å². The molecule has 4 rings (SSSR count). The van der Waals surface area contributed by atoms with Crippen molar-refractivity contribution in [3.8, 4) is 11.6 Å². The second-order valence-electron chi connectivity index (χ2n) is 7.00. The van der Waals surface area contributed by atoms with Gasteiger partial charge in [0.25, 0.3) is 5.91 Å². The first-order valence-electron chi connectivity index (χ1n) is 9.52. The Hall–Kier alpha value is -3.29. The quantitative estimate of drug-likeness (QED) is 0.651. The number of rotatable bonds is 4. The van der Waals surface area contributed by atoms with E-state index in [1.807, 2.05) is 6.92 Å². The molecule has 8 heteroatoms. The number of likely N-dealkylation sites (tertiary alicyclic amines) is 1. The number of hydrogen-bond acceptors (Lipinski definition) is 6. The maximum absolute atomic E-state index is 14.0. The molecule has 1 saturated heterocycles. The molecule has 150 valence electrons. The molecule has 0 spiro atoms. The van der Waals surface area contributed by atoms with Gasteiger partial charge in [-0.2, -0.15) is 4.98 Å². The van der Waals surface area contributed by atoms with Crippen LogP contribution in [0.5, 0.6) is 11.6 Å². The van der Waals surface area contributed by atoms with Crippen LogP contribution < -0.4 is 4.74 Å². The molecule has 0 bridgehead atoms. The molecular weight excluding hydrogens is 375 g/mol. The number of ether oxygens (including phenoxy) is 1. The van der Waals surface area contributed by atoms with E-state index in [-0.39, 0.29) is 29.3 Å². The highest BCUT2D eigenvalue weighted by molar-refractivity contribution is 5.92. The fourth-order valence-corrected chi connectivity index (χ4v) is 3.46. The van der Waals surface area contributed by atoms with Gasteiger partial charge in [0.15, 0.2) is 29.0 Å². The molecule has 0 radical (unpaired) electrons. The second kappa shape index (κ2) is 7.98. The largest absolute Gasteiger partial charge is 0.448 e. The van der Waals surface area contributed by atoms with Crippen LogP contribution in [0.3, 0.4) is 0 Å². The molecule has 1 atom stereocenters. The number of para-hydroxylation sites is 1. The summed E-state index contributed by atoms with van der Waals surface area (Å²) in [5.74, 6) is 0.562. The van der Waals surface area contributed by atoms with Gasteiger partial charge in [-0.25, -0.2) is 14.4 Å². The summed E-state index contributed by atoms with van der Waals surface area (Å²) >= 11 is 0. The van der Waals surface area contributed by atoms with E-state index in [1.54, 1.807) is 30.0 Å². The van der Waals surface area contributed by atoms with Crippen molar-refractivity contribution in [1.82, 2.24) is 19.9 Å². The van der Waals surface area contributed by atoms with Crippen LogP contribution in [0.2, 0.25) is 0 Å². The van der Waals surface area contributed by atoms with E-state index in [0.29, 0.717) is 24.0 Å². The van der Waals surface area contributed by atoms with Crippen LogP contribution in [0.25, 0.3) is 0 Å². The number of carbonyl (C=O) groups excluding carboxylic acids is 1. The van der Waals surface area contributed by atoms with E-state index in [2.05, 4.69) is 15.0 Å². The topological polar surface area (TPSA) is 81.4 Å². The molecule has 0 aliphatic carbocycles. The van der Waals surface area contributed by atoms with Crippen LogP contribution in [0.4, 0.5) is 4.39 Å². The standard InChI is InChI=1S/C21H21FN4O3/c1-13-11-19(29-18-9-4-3-7-15(18)22)25-20(23-13)17-8-5-6-10-26(17)21(27)16-12-28-14(2)24-16/h3-4,7,9,11-12,17H,5-6,8,10H2,1-2H3. The van der Waals surface area contributed by atoms with E-state index >= 15 is 0 Å². The molecule has 3 aromatic rings. The zero-order valence-electron chi connectivity index (χ0n) is 16.3. The summed E-state index contributed by atoms with van der Waals surface area (Å²) in [5.41, 5.74) is 0.946. The maximum atomic E-state index is 14.0. The summed E-state index contributed by atoms with van der Waals surface area (Å²) in [4.78, 5) is 27.9. The summed E-state index contributed by atoms with van der Waals surface area (Å²) < 4.78 is 24.8. The van der Waals surface area contributed by atoms with E-state index < -0.39 is 5.82 Å². The van der Waals surface area contributed by atoms with E-state index in [0.717, 1.165) is 19.3 Å². The van der Waals surface area contributed by atoms with Crippen molar-refractivity contribution >= 4 is 5.91 Å². The Balaban J connectivity index is 1.64. The SMILES string of the molecule is Cc1cc(Oc2ccccc2F)nc(C2CCCCN2C(=O)c2coc(C)n2)n1. The van der Waals surface area contributed by atoms with Crippen molar-refractivity contribution in [1.29, 1.82) is 0 Å². The molecule has 1 amide bonds. The number of amides is 1. The van der Waals surface area contributed by atoms with Crippen LogP contribution in [-0.4, -0.2) is 32.3 Å². The van der Waals surface area contributed by atoms with Gasteiger partial charge in [-0.1, -0.05) is 12.1 Å². The maximum Gasteiger partial charge on any atom is 0.276 e. The predicted octanol–water partition coefficient (Wildman–Crippen LogP) is 4.38. The number of nitrogens with zero attached hydrogens (tertiary/aromatic N) is 4. The molecule has 29 heavy (non-hydrogen) atoms. The van der Waals surface area contributed by atoms with Gasteiger partial charge in [0.05, 0.1) is 6.04 Å². The lowest BCUT2D eigenvalue weighted by atomic mass is 10.0. The van der Waals surface area contributed by atoms with Gasteiger partial charge in [-0.05, 0) is 38.3 Å². The number of aryl methyl sites for hydroxylation is 2. The third-order valence-electron chi connectivity index (χ3n) is 4.80. The zero-order valence-corrected chi connectivity index (χ0v) is 16.3. The Morgan fingerprint density at radius 1 is 1.21 bits per heavy atom. The Kier molecular flexibility index (Phi) is 5.24. The van der Waals surface area contributed by atoms with Crippen molar-refractivity contribution in [3.63, 3.8) is 0 Å². The molecule has 1 unspecified atom stereocenters. The molecule has 1 aromatic carbocycles. The molecule has 0 saturated carbocycles. The van der Waals surface area contributed by atoms with Gasteiger partial charge >= 0.3 is 0 Å². The van der Waals surface area contributed by atoms with E-state index in [9.17, 15) is 9.18 Å². The minimum atomic E-state index is -0.471. The molecule has 1 fully saturated rings. The second-order valence-corrected chi connectivity index (χ2v) is 7.00. The molecule has 1 aliphatic rings. The summed E-state index contributed by atoms with van der Waals surface area (Å²) in [6.45, 7) is 4.09. The minimum absolute atomic E-state index is 0.0891. The molecule has 2 aromatic heterocycles. The normalized spacial score (nSPS) is 16.7. The fourth-order valence-electron chi connectivity index (χ4n) is 3.46. The smallest absolute Gasteiger partial charge is 0.276 e. The molecule has 7 nitrogen and oxygen atoms in total. The number of aromatic nitrogens is 3. The number of carbonyl (C=O) groups is 1. The Bertz CT molecular complexity index is 1040. The first-order chi connectivity index (χ1) is 14.0. The summed E-state index contributed by atoms with van der Waals surface area (Å²) in [5, 5.41) is 0. The van der Waals surface area contributed by atoms with Crippen LogP contribution in [0.1, 0.15) is 53.2 Å². The van der Waals surface area contributed by atoms with E-state index in [4.69, 9.17) is 9.15 Å². The molecule has 3 heterocycles. The fraction of sp³-hybridized carbons (Fsp3) is 0.333. The number of halogens is 1. The van der Waals surface area contributed by atoms with Crippen LogP contribution in [0, 0.1) is 19.7 Å². The zero-order chi connectivity index (χ0) is 20.4. The van der Waals surface area contributed by atoms with E-state index in [1.165, 1.54) is 18.4 Å². The monoisotopic (exact) mass is 396 g/mol. The Labute approximate surface area is 167 Å². The highest BCUT2D eigenvalue weighted by Crippen LogP contribution is 2.32. The Morgan fingerprint density at radius 2 is 2.03 bits per heavy atom. The van der Waals surface area contributed by atoms with Gasteiger partial charge in [0.2, 0.25) is 5.88 Å². The van der Waals surface area contributed by atoms with Gasteiger partial charge in [0.1, 0.15) is 6.26 Å². The van der Waals surface area contributed by atoms with Crippen LogP contribution >= 0.6 is 0 Å². The lowest BCUT2D eigenvalue weighted by molar-refractivity contribution is 0.0592. The van der Waals surface area contributed by atoms with Crippen molar-refractivity contribution in [2.75, 3.05) is 6.54 Å². The third-order valence-corrected chi connectivity index (χ3v) is 4.80. The van der Waals surface area contributed by atoms with Gasteiger partial charge in [-0.3, -0.25) is 4.79 Å². The van der Waals surface area contributed by atoms with Gasteiger partial charge < -0.3 is 14.1 Å².